The monoisotopic (exact) mass is 378 g/mol. The summed E-state index contributed by atoms with van der Waals surface area (Å²) in [5, 5.41) is 3.60. The van der Waals surface area contributed by atoms with Gasteiger partial charge in [0.15, 0.2) is 0 Å². The Balaban J connectivity index is 1.76. The molecule has 0 aliphatic carbocycles. The maximum atomic E-state index is 12.6. The highest BCUT2D eigenvalue weighted by Crippen LogP contribution is 2.36. The summed E-state index contributed by atoms with van der Waals surface area (Å²) < 4.78 is 41.8. The Kier molecular flexibility index (Phi) is 3.55. The first-order chi connectivity index (χ1) is 13.5. The van der Waals surface area contributed by atoms with Crippen LogP contribution < -0.4 is 4.74 Å². The number of pyridine rings is 1. The Bertz CT molecular complexity index is 1330. The number of H-pyrrole nitrogens is 1. The average molecular weight is 378 g/mol. The predicted molar refractivity (Wildman–Crippen MR) is 103 cm³/mol. The predicted octanol–water partition coefficient (Wildman–Crippen LogP) is 6.43. The number of aromatic amines is 1. The summed E-state index contributed by atoms with van der Waals surface area (Å²) in [7, 11) is 0. The van der Waals surface area contributed by atoms with Crippen LogP contribution in [0.4, 0.5) is 13.2 Å². The first kappa shape index (κ1) is 16.6. The second kappa shape index (κ2) is 5.99. The van der Waals surface area contributed by atoms with Gasteiger partial charge in [-0.05, 0) is 35.0 Å². The number of alkyl halides is 3. The minimum absolute atomic E-state index is 0.246. The maximum Gasteiger partial charge on any atom is 0.573 e. The van der Waals surface area contributed by atoms with Crippen LogP contribution in [-0.2, 0) is 0 Å². The molecule has 6 heteroatoms. The topological polar surface area (TPSA) is 37.9 Å². The Morgan fingerprint density at radius 2 is 1.64 bits per heavy atom. The second-order valence-electron chi connectivity index (χ2n) is 6.49. The van der Waals surface area contributed by atoms with Crippen LogP contribution in [0.1, 0.15) is 0 Å². The number of benzene rings is 3. The van der Waals surface area contributed by atoms with E-state index in [-0.39, 0.29) is 5.75 Å². The van der Waals surface area contributed by atoms with Crippen molar-refractivity contribution >= 4 is 32.6 Å². The fraction of sp³-hybridized carbons (Fsp3) is 0.0455. The third kappa shape index (κ3) is 2.74. The zero-order chi connectivity index (χ0) is 19.3. The SMILES string of the molecule is FC(F)(F)Oc1ccc2[nH]c3c(-c4cccc5ccccc45)nccc3c2c1. The van der Waals surface area contributed by atoms with Gasteiger partial charge in [0.05, 0.1) is 11.2 Å². The lowest BCUT2D eigenvalue weighted by atomic mass is 10.0. The molecule has 3 nitrogen and oxygen atoms in total. The van der Waals surface area contributed by atoms with E-state index in [1.54, 1.807) is 18.3 Å². The lowest BCUT2D eigenvalue weighted by molar-refractivity contribution is -0.274. The number of nitrogens with zero attached hydrogens (tertiary/aromatic N) is 1. The van der Waals surface area contributed by atoms with Gasteiger partial charge >= 0.3 is 6.36 Å². The molecule has 1 N–H and O–H groups in total. The number of fused-ring (bicyclic) bond motifs is 4. The Hall–Kier alpha value is -3.54. The van der Waals surface area contributed by atoms with Crippen LogP contribution in [0.3, 0.4) is 0 Å². The molecule has 0 spiro atoms. The van der Waals surface area contributed by atoms with Gasteiger partial charge in [-0.1, -0.05) is 42.5 Å². The highest BCUT2D eigenvalue weighted by atomic mass is 19.4. The average Bonchev–Trinajstić information content (AvgIpc) is 3.04. The van der Waals surface area contributed by atoms with Crippen molar-refractivity contribution in [2.75, 3.05) is 0 Å². The van der Waals surface area contributed by atoms with Crippen molar-refractivity contribution in [2.45, 2.75) is 6.36 Å². The molecule has 0 bridgehead atoms. The van der Waals surface area contributed by atoms with Crippen molar-refractivity contribution in [3.63, 3.8) is 0 Å². The maximum absolute atomic E-state index is 12.6. The van der Waals surface area contributed by atoms with Gasteiger partial charge in [-0.3, -0.25) is 4.98 Å². The van der Waals surface area contributed by atoms with Crippen molar-refractivity contribution in [2.24, 2.45) is 0 Å². The third-order valence-electron chi connectivity index (χ3n) is 4.77. The molecular formula is C22H13F3N2O. The summed E-state index contributed by atoms with van der Waals surface area (Å²) in [5.41, 5.74) is 3.21. The zero-order valence-corrected chi connectivity index (χ0v) is 14.4. The van der Waals surface area contributed by atoms with Crippen molar-refractivity contribution in [3.8, 4) is 17.0 Å². The molecule has 28 heavy (non-hydrogen) atoms. The fourth-order valence-electron chi connectivity index (χ4n) is 3.64. The minimum atomic E-state index is -4.73. The number of hydrogen-bond donors (Lipinski definition) is 1. The van der Waals surface area contributed by atoms with Gasteiger partial charge in [0.1, 0.15) is 5.75 Å². The number of ether oxygens (including phenoxy) is 1. The van der Waals surface area contributed by atoms with Gasteiger partial charge in [0, 0.05) is 28.0 Å². The van der Waals surface area contributed by atoms with Gasteiger partial charge in [0.25, 0.3) is 0 Å². The summed E-state index contributed by atoms with van der Waals surface area (Å²) in [6, 6.07) is 20.1. The van der Waals surface area contributed by atoms with Crippen LogP contribution in [0.25, 0.3) is 43.8 Å². The van der Waals surface area contributed by atoms with E-state index in [2.05, 4.69) is 14.7 Å². The molecule has 0 saturated carbocycles. The van der Waals surface area contributed by atoms with E-state index in [0.717, 1.165) is 38.4 Å². The van der Waals surface area contributed by atoms with Gasteiger partial charge in [0.2, 0.25) is 0 Å². The van der Waals surface area contributed by atoms with E-state index in [1.807, 2.05) is 42.5 Å². The van der Waals surface area contributed by atoms with E-state index in [9.17, 15) is 13.2 Å². The number of aromatic nitrogens is 2. The number of hydrogen-bond acceptors (Lipinski definition) is 2. The molecule has 138 valence electrons. The number of rotatable bonds is 2. The third-order valence-corrected chi connectivity index (χ3v) is 4.77. The molecule has 5 aromatic rings. The summed E-state index contributed by atoms with van der Waals surface area (Å²) >= 11 is 0. The molecule has 0 aliphatic heterocycles. The van der Waals surface area contributed by atoms with Gasteiger partial charge in [-0.25, -0.2) is 0 Å². The van der Waals surface area contributed by atoms with Crippen molar-refractivity contribution < 1.29 is 17.9 Å². The summed E-state index contributed by atoms with van der Waals surface area (Å²) in [4.78, 5) is 7.86. The van der Waals surface area contributed by atoms with Crippen LogP contribution in [0.2, 0.25) is 0 Å². The lowest BCUT2D eigenvalue weighted by Gasteiger charge is -2.08. The van der Waals surface area contributed by atoms with E-state index >= 15 is 0 Å². The standard InChI is InChI=1S/C22H13F3N2O/c23-22(24,25)28-14-8-9-19-18(12-14)17-10-11-26-20(21(17)27-19)16-7-3-5-13-4-1-2-6-15(13)16/h1-12,27H. The van der Waals surface area contributed by atoms with E-state index < -0.39 is 6.36 Å². The lowest BCUT2D eigenvalue weighted by Crippen LogP contribution is -2.16. The van der Waals surface area contributed by atoms with Crippen molar-refractivity contribution in [1.82, 2.24) is 9.97 Å². The largest absolute Gasteiger partial charge is 0.573 e. The quantitative estimate of drug-likeness (QED) is 0.384. The Morgan fingerprint density at radius 1 is 0.821 bits per heavy atom. The van der Waals surface area contributed by atoms with Crippen LogP contribution >= 0.6 is 0 Å². The molecule has 0 fully saturated rings. The molecule has 0 unspecified atom stereocenters. The smallest absolute Gasteiger partial charge is 0.406 e. The number of nitrogens with one attached hydrogen (secondary N) is 1. The van der Waals surface area contributed by atoms with Crippen molar-refractivity contribution in [3.05, 3.63) is 72.9 Å². The minimum Gasteiger partial charge on any atom is -0.406 e. The van der Waals surface area contributed by atoms with Gasteiger partial charge < -0.3 is 9.72 Å². The highest BCUT2D eigenvalue weighted by molar-refractivity contribution is 6.13. The summed E-state index contributed by atoms with van der Waals surface area (Å²) in [6.07, 6.45) is -3.06. The Labute approximate surface area is 157 Å². The zero-order valence-electron chi connectivity index (χ0n) is 14.4. The van der Waals surface area contributed by atoms with E-state index in [1.165, 1.54) is 12.1 Å². The first-order valence-electron chi connectivity index (χ1n) is 8.64. The van der Waals surface area contributed by atoms with Gasteiger partial charge in [-0.2, -0.15) is 0 Å². The normalized spacial score (nSPS) is 12.1. The molecule has 0 saturated heterocycles. The summed E-state index contributed by atoms with van der Waals surface area (Å²) in [6.45, 7) is 0. The first-order valence-corrected chi connectivity index (χ1v) is 8.64. The summed E-state index contributed by atoms with van der Waals surface area (Å²) in [5.74, 6) is -0.246. The van der Waals surface area contributed by atoms with Crippen LogP contribution in [0, 0.1) is 0 Å². The molecule has 0 atom stereocenters. The Morgan fingerprint density at radius 3 is 2.50 bits per heavy atom. The van der Waals surface area contributed by atoms with Crippen LogP contribution in [0.15, 0.2) is 72.9 Å². The van der Waals surface area contributed by atoms with Crippen LogP contribution in [0.5, 0.6) is 5.75 Å². The number of halogens is 3. The van der Waals surface area contributed by atoms with E-state index in [0.29, 0.717) is 5.39 Å². The highest BCUT2D eigenvalue weighted by Gasteiger charge is 2.31. The molecule has 2 aromatic heterocycles. The van der Waals surface area contributed by atoms with Crippen molar-refractivity contribution in [1.29, 1.82) is 0 Å². The molecule has 2 heterocycles. The fourth-order valence-corrected chi connectivity index (χ4v) is 3.64. The molecule has 5 rings (SSSR count). The molecule has 0 radical (unpaired) electrons. The molecule has 3 aromatic carbocycles. The van der Waals surface area contributed by atoms with Gasteiger partial charge in [-0.15, -0.1) is 13.2 Å². The van der Waals surface area contributed by atoms with Crippen LogP contribution in [-0.4, -0.2) is 16.3 Å². The molecule has 0 amide bonds. The second-order valence-corrected chi connectivity index (χ2v) is 6.49. The molecular weight excluding hydrogens is 365 g/mol. The molecule has 0 aliphatic rings. The van der Waals surface area contributed by atoms with E-state index in [4.69, 9.17) is 0 Å².